The molecule has 2 aromatic heterocycles. The fourth-order valence-electron chi connectivity index (χ4n) is 4.32. The van der Waals surface area contributed by atoms with Crippen LogP contribution in [-0.4, -0.2) is 67.7 Å². The zero-order chi connectivity index (χ0) is 19.6. The molecule has 0 saturated carbocycles. The lowest BCUT2D eigenvalue weighted by Crippen LogP contribution is -2.55. The van der Waals surface area contributed by atoms with Crippen molar-refractivity contribution in [3.05, 3.63) is 46.7 Å². The van der Waals surface area contributed by atoms with Crippen LogP contribution in [0.5, 0.6) is 0 Å². The molecule has 28 heavy (non-hydrogen) atoms. The first-order valence-electron chi connectivity index (χ1n) is 9.64. The summed E-state index contributed by atoms with van der Waals surface area (Å²) >= 11 is 0. The highest BCUT2D eigenvalue weighted by atomic mass is 16.2. The molecule has 148 valence electrons. The van der Waals surface area contributed by atoms with Gasteiger partial charge in [0.15, 0.2) is 0 Å². The number of imidazole rings is 1. The standard InChI is InChI=1S/C19H24N6O3/c26-16-10-21-15(9-22-16)18(28)25-6-1-4-19(12-25)5-2-17(27)24(11-19)7-3-14-8-20-13-23-14/h8-10,13H,1-7,11-12H2,(H,20,23)(H,22,26)/t19-/m1/s1. The number of hydrogen-bond donors (Lipinski definition) is 2. The number of carbonyl (C=O) groups excluding carboxylic acids is 2. The lowest BCUT2D eigenvalue weighted by atomic mass is 9.73. The van der Waals surface area contributed by atoms with Crippen LogP contribution in [0.1, 0.15) is 41.9 Å². The molecule has 2 fully saturated rings. The number of piperidine rings is 2. The lowest BCUT2D eigenvalue weighted by molar-refractivity contribution is -0.138. The zero-order valence-electron chi connectivity index (χ0n) is 15.7. The van der Waals surface area contributed by atoms with Crippen molar-refractivity contribution in [1.82, 2.24) is 29.7 Å². The number of rotatable bonds is 4. The topological polar surface area (TPSA) is 115 Å². The summed E-state index contributed by atoms with van der Waals surface area (Å²) in [4.78, 5) is 53.7. The highest BCUT2D eigenvalue weighted by Gasteiger charge is 2.42. The molecule has 9 heteroatoms. The van der Waals surface area contributed by atoms with Crippen LogP contribution < -0.4 is 5.56 Å². The summed E-state index contributed by atoms with van der Waals surface area (Å²) < 4.78 is 0. The van der Waals surface area contributed by atoms with Gasteiger partial charge in [-0.1, -0.05) is 0 Å². The zero-order valence-corrected chi connectivity index (χ0v) is 15.7. The fraction of sp³-hybridized carbons (Fsp3) is 0.526. The van der Waals surface area contributed by atoms with Crippen molar-refractivity contribution in [3.63, 3.8) is 0 Å². The third-order valence-electron chi connectivity index (χ3n) is 5.79. The molecule has 2 aromatic rings. The number of H-pyrrole nitrogens is 2. The largest absolute Gasteiger partial charge is 0.348 e. The molecule has 2 saturated heterocycles. The minimum atomic E-state index is -0.328. The van der Waals surface area contributed by atoms with Gasteiger partial charge in [-0.3, -0.25) is 14.4 Å². The number of nitrogens with zero attached hydrogens (tertiary/aromatic N) is 4. The molecule has 2 aliphatic rings. The summed E-state index contributed by atoms with van der Waals surface area (Å²) in [6, 6.07) is 0. The number of aromatic amines is 2. The molecule has 1 atom stereocenters. The van der Waals surface area contributed by atoms with Crippen LogP contribution in [0.3, 0.4) is 0 Å². The van der Waals surface area contributed by atoms with Crippen molar-refractivity contribution >= 4 is 11.8 Å². The van der Waals surface area contributed by atoms with Gasteiger partial charge in [0.1, 0.15) is 5.69 Å². The van der Waals surface area contributed by atoms with Crippen LogP contribution in [0, 0.1) is 5.41 Å². The molecule has 0 radical (unpaired) electrons. The van der Waals surface area contributed by atoms with Crippen molar-refractivity contribution in [3.8, 4) is 0 Å². The highest BCUT2D eigenvalue weighted by Crippen LogP contribution is 2.39. The highest BCUT2D eigenvalue weighted by molar-refractivity contribution is 5.92. The second-order valence-corrected chi connectivity index (χ2v) is 7.77. The van der Waals surface area contributed by atoms with Gasteiger partial charge in [0, 0.05) is 62.5 Å². The molecule has 0 bridgehead atoms. The summed E-state index contributed by atoms with van der Waals surface area (Å²) in [6.07, 6.45) is 9.88. The molecule has 2 amide bonds. The van der Waals surface area contributed by atoms with E-state index < -0.39 is 0 Å². The van der Waals surface area contributed by atoms with Gasteiger partial charge < -0.3 is 19.8 Å². The first kappa shape index (κ1) is 18.4. The normalized spacial score (nSPS) is 22.6. The Kier molecular flexibility index (Phi) is 4.97. The van der Waals surface area contributed by atoms with Crippen LogP contribution >= 0.6 is 0 Å². The van der Waals surface area contributed by atoms with E-state index in [1.165, 1.54) is 6.20 Å². The van der Waals surface area contributed by atoms with Gasteiger partial charge in [-0.25, -0.2) is 9.97 Å². The second-order valence-electron chi connectivity index (χ2n) is 7.77. The van der Waals surface area contributed by atoms with Crippen LogP contribution in [0.15, 0.2) is 29.7 Å². The van der Waals surface area contributed by atoms with E-state index in [9.17, 15) is 14.4 Å². The lowest BCUT2D eigenvalue weighted by Gasteiger charge is -2.48. The Morgan fingerprint density at radius 2 is 2.07 bits per heavy atom. The summed E-state index contributed by atoms with van der Waals surface area (Å²) in [7, 11) is 0. The van der Waals surface area contributed by atoms with Crippen molar-refractivity contribution < 1.29 is 9.59 Å². The van der Waals surface area contributed by atoms with Crippen molar-refractivity contribution in [2.24, 2.45) is 5.41 Å². The van der Waals surface area contributed by atoms with Gasteiger partial charge in [0.25, 0.3) is 11.5 Å². The van der Waals surface area contributed by atoms with Crippen molar-refractivity contribution in [1.29, 1.82) is 0 Å². The first-order valence-corrected chi connectivity index (χ1v) is 9.64. The minimum Gasteiger partial charge on any atom is -0.348 e. The van der Waals surface area contributed by atoms with E-state index in [1.54, 1.807) is 12.5 Å². The predicted molar refractivity (Wildman–Crippen MR) is 101 cm³/mol. The van der Waals surface area contributed by atoms with Crippen LogP contribution in [0.25, 0.3) is 0 Å². The summed E-state index contributed by atoms with van der Waals surface area (Å²) in [5.74, 6) is 0.00660. The molecule has 4 heterocycles. The van der Waals surface area contributed by atoms with Crippen molar-refractivity contribution in [2.75, 3.05) is 26.2 Å². The van der Waals surface area contributed by atoms with E-state index in [0.717, 1.165) is 37.6 Å². The van der Waals surface area contributed by atoms with E-state index in [1.807, 2.05) is 9.80 Å². The van der Waals surface area contributed by atoms with E-state index in [-0.39, 0.29) is 28.5 Å². The molecular formula is C19H24N6O3. The van der Waals surface area contributed by atoms with E-state index >= 15 is 0 Å². The van der Waals surface area contributed by atoms with Gasteiger partial charge in [-0.05, 0) is 19.3 Å². The van der Waals surface area contributed by atoms with Gasteiger partial charge in [-0.15, -0.1) is 0 Å². The Hall–Kier alpha value is -2.97. The average molecular weight is 384 g/mol. The minimum absolute atomic E-state index is 0.0714. The molecule has 1 spiro atoms. The molecule has 0 aromatic carbocycles. The third kappa shape index (κ3) is 3.83. The quantitative estimate of drug-likeness (QED) is 0.800. The van der Waals surface area contributed by atoms with Crippen molar-refractivity contribution in [2.45, 2.75) is 32.1 Å². The maximum Gasteiger partial charge on any atom is 0.273 e. The van der Waals surface area contributed by atoms with Gasteiger partial charge in [0.2, 0.25) is 5.91 Å². The van der Waals surface area contributed by atoms with Gasteiger partial charge in [-0.2, -0.15) is 0 Å². The molecule has 2 N–H and O–H groups in total. The number of hydrogen-bond acceptors (Lipinski definition) is 5. The number of carbonyl (C=O) groups is 2. The predicted octanol–water partition coefficient (Wildman–Crippen LogP) is 0.581. The Bertz CT molecular complexity index is 888. The average Bonchev–Trinajstić information content (AvgIpc) is 3.23. The number of amides is 2. The van der Waals surface area contributed by atoms with Crippen LogP contribution in [0.2, 0.25) is 0 Å². The first-order chi connectivity index (χ1) is 13.5. The van der Waals surface area contributed by atoms with E-state index in [4.69, 9.17) is 0 Å². The fourth-order valence-corrected chi connectivity index (χ4v) is 4.32. The van der Waals surface area contributed by atoms with Gasteiger partial charge >= 0.3 is 0 Å². The summed E-state index contributed by atoms with van der Waals surface area (Å²) in [6.45, 7) is 2.60. The van der Waals surface area contributed by atoms with Crippen LogP contribution in [0.4, 0.5) is 0 Å². The Balaban J connectivity index is 1.44. The third-order valence-corrected chi connectivity index (χ3v) is 5.79. The molecular weight excluding hydrogens is 360 g/mol. The number of likely N-dealkylation sites (tertiary alicyclic amines) is 2. The second kappa shape index (κ2) is 7.57. The van der Waals surface area contributed by atoms with E-state index in [0.29, 0.717) is 32.6 Å². The summed E-state index contributed by atoms with van der Waals surface area (Å²) in [5.41, 5.74) is 0.861. The Morgan fingerprint density at radius 3 is 2.82 bits per heavy atom. The molecule has 4 rings (SSSR count). The molecule has 2 aliphatic heterocycles. The maximum absolute atomic E-state index is 12.8. The molecule has 0 aliphatic carbocycles. The Labute approximate surface area is 162 Å². The van der Waals surface area contributed by atoms with Gasteiger partial charge in [0.05, 0.1) is 12.5 Å². The van der Waals surface area contributed by atoms with E-state index in [2.05, 4.69) is 19.9 Å². The van der Waals surface area contributed by atoms with Crippen LogP contribution in [-0.2, 0) is 11.2 Å². The maximum atomic E-state index is 12.8. The molecule has 0 unspecified atom stereocenters. The monoisotopic (exact) mass is 384 g/mol. The SMILES string of the molecule is O=C1CC[C@]2(CCCN(C(=O)c3c[nH]c(=O)cn3)C2)CN1CCc1cnc[nH]1. The summed E-state index contributed by atoms with van der Waals surface area (Å²) in [5, 5.41) is 0. The number of aromatic nitrogens is 4. The molecule has 9 nitrogen and oxygen atoms in total. The number of nitrogens with one attached hydrogen (secondary N) is 2. The smallest absolute Gasteiger partial charge is 0.273 e. The Morgan fingerprint density at radius 1 is 1.18 bits per heavy atom.